The quantitative estimate of drug-likeness (QED) is 0.440. The van der Waals surface area contributed by atoms with Gasteiger partial charge in [-0.25, -0.2) is 9.97 Å². The highest BCUT2D eigenvalue weighted by molar-refractivity contribution is 7.99. The summed E-state index contributed by atoms with van der Waals surface area (Å²) in [7, 11) is 0. The van der Waals surface area contributed by atoms with Crippen molar-refractivity contribution in [1.29, 1.82) is 0 Å². The maximum Gasteiger partial charge on any atom is 0.190 e. The van der Waals surface area contributed by atoms with Gasteiger partial charge >= 0.3 is 0 Å². The van der Waals surface area contributed by atoms with Gasteiger partial charge in [-0.1, -0.05) is 37.2 Å². The van der Waals surface area contributed by atoms with Gasteiger partial charge in [0, 0.05) is 17.1 Å². The fourth-order valence-corrected chi connectivity index (χ4v) is 4.74. The highest BCUT2D eigenvalue weighted by atomic mass is 35.5. The largest absolute Gasteiger partial charge is 0.369 e. The Morgan fingerprint density at radius 1 is 1.38 bits per heavy atom. The second-order valence-corrected chi connectivity index (χ2v) is 8.10. The van der Waals surface area contributed by atoms with Crippen molar-refractivity contribution < 1.29 is 4.74 Å². The Labute approximate surface area is 138 Å². The van der Waals surface area contributed by atoms with Crippen LogP contribution in [0.4, 0.5) is 0 Å². The smallest absolute Gasteiger partial charge is 0.190 e. The van der Waals surface area contributed by atoms with Gasteiger partial charge in [0.1, 0.15) is 9.98 Å². The summed E-state index contributed by atoms with van der Waals surface area (Å²) >= 11 is 9.82. The lowest BCUT2D eigenvalue weighted by Crippen LogP contribution is -2.33. The van der Waals surface area contributed by atoms with Crippen LogP contribution in [0.15, 0.2) is 5.16 Å². The van der Waals surface area contributed by atoms with Crippen molar-refractivity contribution in [2.75, 3.05) is 5.75 Å². The van der Waals surface area contributed by atoms with Crippen molar-refractivity contribution in [3.8, 4) is 0 Å². The summed E-state index contributed by atoms with van der Waals surface area (Å²) in [6.45, 7) is 7.14. The van der Waals surface area contributed by atoms with E-state index in [2.05, 4.69) is 30.7 Å². The van der Waals surface area contributed by atoms with Gasteiger partial charge in [0.2, 0.25) is 0 Å². The van der Waals surface area contributed by atoms with E-state index in [1.165, 1.54) is 10.4 Å². The lowest BCUT2D eigenvalue weighted by Gasteiger charge is -2.33. The molecule has 114 valence electrons. The second kappa shape index (κ2) is 6.03. The van der Waals surface area contributed by atoms with E-state index in [1.807, 2.05) is 0 Å². The molecule has 0 saturated carbocycles. The number of thioether (sulfide) groups is 1. The zero-order chi connectivity index (χ0) is 15.0. The van der Waals surface area contributed by atoms with Crippen LogP contribution >= 0.6 is 34.7 Å². The Bertz CT molecular complexity index is 673. The standard InChI is InChI=1S/C15H19ClN2OS2/c1-4-6-20-14-17-12(16)11-9-7-15(3,5-2)19-8-10(9)21-13(11)18-14/h4-8H2,1-3H3/t15-/m1/s1. The van der Waals surface area contributed by atoms with Crippen molar-refractivity contribution in [1.82, 2.24) is 9.97 Å². The Kier molecular flexibility index (Phi) is 4.46. The normalized spacial score (nSPS) is 21.7. The van der Waals surface area contributed by atoms with E-state index in [-0.39, 0.29) is 5.60 Å². The number of rotatable bonds is 4. The van der Waals surface area contributed by atoms with Crippen molar-refractivity contribution in [2.45, 2.75) is 57.4 Å². The average molecular weight is 343 g/mol. The molecule has 0 amide bonds. The van der Waals surface area contributed by atoms with Crippen LogP contribution in [0.1, 0.15) is 44.1 Å². The minimum atomic E-state index is -0.0973. The van der Waals surface area contributed by atoms with Crippen molar-refractivity contribution in [3.05, 3.63) is 15.6 Å². The molecular weight excluding hydrogens is 324 g/mol. The fourth-order valence-electron chi connectivity index (χ4n) is 2.49. The van der Waals surface area contributed by atoms with E-state index >= 15 is 0 Å². The lowest BCUT2D eigenvalue weighted by molar-refractivity contribution is -0.0543. The first kappa shape index (κ1) is 15.5. The molecule has 0 aromatic carbocycles. The molecular formula is C15H19ClN2OS2. The number of aromatic nitrogens is 2. The summed E-state index contributed by atoms with van der Waals surface area (Å²) in [5.41, 5.74) is 1.20. The third-order valence-corrected chi connectivity index (χ3v) is 6.38. The number of nitrogens with zero attached hydrogens (tertiary/aromatic N) is 2. The molecule has 0 unspecified atom stereocenters. The van der Waals surface area contributed by atoms with Gasteiger partial charge in [-0.05, 0) is 25.3 Å². The Balaban J connectivity index is 2.05. The van der Waals surface area contributed by atoms with Gasteiger partial charge in [0.05, 0.1) is 17.6 Å². The van der Waals surface area contributed by atoms with Crippen LogP contribution in [-0.4, -0.2) is 21.3 Å². The lowest BCUT2D eigenvalue weighted by atomic mass is 9.90. The van der Waals surface area contributed by atoms with Crippen molar-refractivity contribution in [3.63, 3.8) is 0 Å². The van der Waals surface area contributed by atoms with Gasteiger partial charge < -0.3 is 4.74 Å². The molecule has 1 atom stereocenters. The summed E-state index contributed by atoms with van der Waals surface area (Å²) in [6.07, 6.45) is 2.99. The first-order valence-electron chi connectivity index (χ1n) is 7.31. The number of hydrogen-bond acceptors (Lipinski definition) is 5. The summed E-state index contributed by atoms with van der Waals surface area (Å²) in [5, 5.41) is 2.42. The van der Waals surface area contributed by atoms with Crippen molar-refractivity contribution >= 4 is 44.9 Å². The van der Waals surface area contributed by atoms with Crippen LogP contribution in [0.25, 0.3) is 10.2 Å². The third-order valence-electron chi connectivity index (χ3n) is 3.96. The molecule has 1 aliphatic rings. The van der Waals surface area contributed by atoms with Crippen LogP contribution in [0.5, 0.6) is 0 Å². The first-order valence-corrected chi connectivity index (χ1v) is 9.49. The zero-order valence-corrected chi connectivity index (χ0v) is 14.9. The average Bonchev–Trinajstić information content (AvgIpc) is 2.83. The molecule has 21 heavy (non-hydrogen) atoms. The van der Waals surface area contributed by atoms with Crippen LogP contribution in [0.3, 0.4) is 0 Å². The number of halogens is 1. The van der Waals surface area contributed by atoms with E-state index in [0.717, 1.165) is 40.4 Å². The molecule has 3 nitrogen and oxygen atoms in total. The van der Waals surface area contributed by atoms with Crippen molar-refractivity contribution in [2.24, 2.45) is 0 Å². The fraction of sp³-hybridized carbons (Fsp3) is 0.600. The maximum atomic E-state index is 6.46. The molecule has 6 heteroatoms. The van der Waals surface area contributed by atoms with Crippen LogP contribution in [-0.2, 0) is 17.8 Å². The number of hydrogen-bond donors (Lipinski definition) is 0. The van der Waals surface area contributed by atoms with Crippen LogP contribution in [0.2, 0.25) is 5.15 Å². The van der Waals surface area contributed by atoms with Gasteiger partial charge in [0.25, 0.3) is 0 Å². The minimum absolute atomic E-state index is 0.0973. The van der Waals surface area contributed by atoms with E-state index < -0.39 is 0 Å². The first-order chi connectivity index (χ1) is 10.1. The van der Waals surface area contributed by atoms with Gasteiger partial charge in [-0.3, -0.25) is 0 Å². The summed E-state index contributed by atoms with van der Waals surface area (Å²) in [4.78, 5) is 11.4. The molecule has 0 aliphatic carbocycles. The molecule has 0 spiro atoms. The maximum absolute atomic E-state index is 6.46. The highest BCUT2D eigenvalue weighted by Crippen LogP contribution is 2.42. The Morgan fingerprint density at radius 2 is 2.19 bits per heavy atom. The monoisotopic (exact) mass is 342 g/mol. The predicted octanol–water partition coefficient (Wildman–Crippen LogP) is 5.09. The Hall–Kier alpha value is -0.360. The molecule has 3 heterocycles. The van der Waals surface area contributed by atoms with Crippen LogP contribution < -0.4 is 0 Å². The SMILES string of the molecule is CCCSc1nc(Cl)c2c3c(sc2n1)CO[C@](C)(CC)C3. The zero-order valence-electron chi connectivity index (χ0n) is 12.5. The molecule has 0 saturated heterocycles. The molecule has 1 aliphatic heterocycles. The molecule has 0 fully saturated rings. The topological polar surface area (TPSA) is 35.0 Å². The van der Waals surface area contributed by atoms with Gasteiger partial charge in [-0.15, -0.1) is 11.3 Å². The molecule has 0 bridgehead atoms. The Morgan fingerprint density at radius 3 is 2.90 bits per heavy atom. The molecule has 0 radical (unpaired) electrons. The van der Waals surface area contributed by atoms with E-state index in [9.17, 15) is 0 Å². The summed E-state index contributed by atoms with van der Waals surface area (Å²) in [5.74, 6) is 1.02. The van der Waals surface area contributed by atoms with E-state index in [1.54, 1.807) is 23.1 Å². The molecule has 0 N–H and O–H groups in total. The minimum Gasteiger partial charge on any atom is -0.369 e. The number of fused-ring (bicyclic) bond motifs is 3. The molecule has 2 aromatic rings. The van der Waals surface area contributed by atoms with E-state index in [4.69, 9.17) is 16.3 Å². The second-order valence-electron chi connectivity index (χ2n) is 5.60. The molecule has 2 aromatic heterocycles. The van der Waals surface area contributed by atoms with Crippen LogP contribution in [0, 0.1) is 0 Å². The molecule has 3 rings (SSSR count). The van der Waals surface area contributed by atoms with Gasteiger partial charge in [-0.2, -0.15) is 0 Å². The van der Waals surface area contributed by atoms with Gasteiger partial charge in [0.15, 0.2) is 5.16 Å². The summed E-state index contributed by atoms with van der Waals surface area (Å²) < 4.78 is 6.02. The predicted molar refractivity (Wildman–Crippen MR) is 90.6 cm³/mol. The number of thiophene rings is 1. The third kappa shape index (κ3) is 2.93. The summed E-state index contributed by atoms with van der Waals surface area (Å²) in [6, 6.07) is 0. The van der Waals surface area contributed by atoms with E-state index in [0.29, 0.717) is 11.8 Å². The number of ether oxygens (including phenoxy) is 1. The highest BCUT2D eigenvalue weighted by Gasteiger charge is 2.33.